The molecule has 0 aliphatic carbocycles. The van der Waals surface area contributed by atoms with Gasteiger partial charge in [-0.1, -0.05) is 38.1 Å². The smallest absolute Gasteiger partial charge is 0.0590 e. The number of ether oxygens (including phenoxy) is 1. The van der Waals surface area contributed by atoms with E-state index < -0.39 is 0 Å². The number of hydrogen-bond donors (Lipinski definition) is 1. The summed E-state index contributed by atoms with van der Waals surface area (Å²) in [6.07, 6.45) is 0. The minimum atomic E-state index is 0.611. The minimum absolute atomic E-state index is 0.611. The van der Waals surface area contributed by atoms with Crippen LogP contribution in [-0.4, -0.2) is 19.8 Å². The van der Waals surface area contributed by atoms with E-state index >= 15 is 0 Å². The third-order valence-corrected chi connectivity index (χ3v) is 2.60. The highest BCUT2D eigenvalue weighted by Gasteiger charge is 1.98. The average Bonchev–Trinajstić information content (AvgIpc) is 2.29. The summed E-state index contributed by atoms with van der Waals surface area (Å²) in [5.41, 5.74) is 2.74. The molecular weight excluding hydrogens is 198 g/mol. The van der Waals surface area contributed by atoms with Crippen molar-refractivity contribution < 1.29 is 4.74 Å². The maximum atomic E-state index is 5.26. The molecule has 0 aliphatic heterocycles. The van der Waals surface area contributed by atoms with Crippen LogP contribution in [0.3, 0.4) is 0 Å². The first-order valence-corrected chi connectivity index (χ1v) is 6.11. The van der Waals surface area contributed by atoms with Crippen LogP contribution in [0.5, 0.6) is 0 Å². The van der Waals surface area contributed by atoms with Crippen LogP contribution in [-0.2, 0) is 11.3 Å². The van der Waals surface area contributed by atoms with Gasteiger partial charge in [0.1, 0.15) is 0 Å². The molecule has 1 N–H and O–H groups in total. The van der Waals surface area contributed by atoms with Crippen molar-refractivity contribution in [3.63, 3.8) is 0 Å². The van der Waals surface area contributed by atoms with E-state index in [1.807, 2.05) is 6.92 Å². The summed E-state index contributed by atoms with van der Waals surface area (Å²) in [4.78, 5) is 0. The Bertz CT molecular complexity index is 279. The molecule has 0 bridgehead atoms. The predicted octanol–water partition coefficient (Wildman–Crippen LogP) is 2.94. The Labute approximate surface area is 99.0 Å². The first-order valence-electron chi connectivity index (χ1n) is 6.11. The van der Waals surface area contributed by atoms with Gasteiger partial charge in [-0.25, -0.2) is 0 Å². The third-order valence-electron chi connectivity index (χ3n) is 2.60. The molecule has 16 heavy (non-hydrogen) atoms. The highest BCUT2D eigenvalue weighted by atomic mass is 16.5. The molecule has 0 heterocycles. The van der Waals surface area contributed by atoms with Gasteiger partial charge in [-0.2, -0.15) is 0 Å². The Balaban J connectivity index is 2.27. The monoisotopic (exact) mass is 221 g/mol. The van der Waals surface area contributed by atoms with E-state index in [0.717, 1.165) is 26.3 Å². The molecule has 0 radical (unpaired) electrons. The van der Waals surface area contributed by atoms with Crippen LogP contribution in [0.25, 0.3) is 0 Å². The van der Waals surface area contributed by atoms with Crippen LogP contribution in [0.1, 0.15) is 37.8 Å². The second kappa shape index (κ2) is 7.42. The van der Waals surface area contributed by atoms with Crippen molar-refractivity contribution in [3.8, 4) is 0 Å². The molecule has 0 fully saturated rings. The summed E-state index contributed by atoms with van der Waals surface area (Å²) in [5.74, 6) is 0.611. The zero-order valence-corrected chi connectivity index (χ0v) is 10.6. The van der Waals surface area contributed by atoms with Crippen LogP contribution in [0.15, 0.2) is 24.3 Å². The van der Waals surface area contributed by atoms with Gasteiger partial charge in [0.15, 0.2) is 0 Å². The quantitative estimate of drug-likeness (QED) is 0.715. The number of benzene rings is 1. The van der Waals surface area contributed by atoms with Crippen LogP contribution in [0.4, 0.5) is 0 Å². The van der Waals surface area contributed by atoms with E-state index in [0.29, 0.717) is 5.92 Å². The van der Waals surface area contributed by atoms with Gasteiger partial charge in [0.2, 0.25) is 0 Å². The summed E-state index contributed by atoms with van der Waals surface area (Å²) >= 11 is 0. The lowest BCUT2D eigenvalue weighted by molar-refractivity contribution is 0.149. The second-order valence-corrected chi connectivity index (χ2v) is 4.27. The molecule has 1 rings (SSSR count). The predicted molar refractivity (Wildman–Crippen MR) is 68.7 cm³/mol. The molecule has 0 saturated carbocycles. The van der Waals surface area contributed by atoms with Crippen molar-refractivity contribution in [2.75, 3.05) is 19.8 Å². The Kier molecular flexibility index (Phi) is 6.12. The SMILES string of the molecule is CCOCCNCc1ccc(C(C)C)cc1. The van der Waals surface area contributed by atoms with Gasteiger partial charge >= 0.3 is 0 Å². The van der Waals surface area contributed by atoms with Crippen LogP contribution in [0, 0.1) is 0 Å². The van der Waals surface area contributed by atoms with Gasteiger partial charge in [-0.3, -0.25) is 0 Å². The maximum Gasteiger partial charge on any atom is 0.0590 e. The molecule has 0 aromatic heterocycles. The molecule has 0 saturated heterocycles. The molecule has 0 unspecified atom stereocenters. The van der Waals surface area contributed by atoms with Gasteiger partial charge in [0.25, 0.3) is 0 Å². The van der Waals surface area contributed by atoms with Crippen LogP contribution in [0.2, 0.25) is 0 Å². The van der Waals surface area contributed by atoms with E-state index in [9.17, 15) is 0 Å². The molecule has 2 heteroatoms. The minimum Gasteiger partial charge on any atom is -0.380 e. The van der Waals surface area contributed by atoms with Crippen molar-refractivity contribution in [2.45, 2.75) is 33.2 Å². The summed E-state index contributed by atoms with van der Waals surface area (Å²) in [5, 5.41) is 3.36. The largest absolute Gasteiger partial charge is 0.380 e. The number of rotatable bonds is 7. The fourth-order valence-electron chi connectivity index (χ4n) is 1.54. The van der Waals surface area contributed by atoms with Gasteiger partial charge < -0.3 is 10.1 Å². The van der Waals surface area contributed by atoms with Crippen molar-refractivity contribution >= 4 is 0 Å². The summed E-state index contributed by atoms with van der Waals surface area (Å²) in [7, 11) is 0. The van der Waals surface area contributed by atoms with Gasteiger partial charge in [-0.05, 0) is 24.0 Å². The lowest BCUT2D eigenvalue weighted by atomic mass is 10.0. The van der Waals surface area contributed by atoms with E-state index in [2.05, 4.69) is 43.4 Å². The fourth-order valence-corrected chi connectivity index (χ4v) is 1.54. The van der Waals surface area contributed by atoms with Gasteiger partial charge in [0, 0.05) is 19.7 Å². The molecule has 0 spiro atoms. The van der Waals surface area contributed by atoms with Gasteiger partial charge in [-0.15, -0.1) is 0 Å². The highest BCUT2D eigenvalue weighted by molar-refractivity contribution is 5.24. The van der Waals surface area contributed by atoms with Crippen LogP contribution < -0.4 is 5.32 Å². The van der Waals surface area contributed by atoms with E-state index in [-0.39, 0.29) is 0 Å². The van der Waals surface area contributed by atoms with Gasteiger partial charge in [0.05, 0.1) is 6.61 Å². The zero-order chi connectivity index (χ0) is 11.8. The first kappa shape index (κ1) is 13.2. The maximum absolute atomic E-state index is 5.26. The Hall–Kier alpha value is -0.860. The molecule has 90 valence electrons. The first-order chi connectivity index (χ1) is 7.74. The van der Waals surface area contributed by atoms with E-state index in [1.54, 1.807) is 0 Å². The summed E-state index contributed by atoms with van der Waals surface area (Å²) in [6, 6.07) is 8.82. The average molecular weight is 221 g/mol. The normalized spacial score (nSPS) is 11.0. The van der Waals surface area contributed by atoms with Crippen molar-refractivity contribution in [3.05, 3.63) is 35.4 Å². The molecule has 1 aromatic carbocycles. The highest BCUT2D eigenvalue weighted by Crippen LogP contribution is 2.14. The Morgan fingerprint density at radius 2 is 1.88 bits per heavy atom. The molecule has 0 aliphatic rings. The molecule has 1 aromatic rings. The summed E-state index contributed by atoms with van der Waals surface area (Å²) < 4.78 is 5.26. The number of nitrogens with one attached hydrogen (secondary N) is 1. The fraction of sp³-hybridized carbons (Fsp3) is 0.571. The standard InChI is InChI=1S/C14H23NO/c1-4-16-10-9-15-11-13-5-7-14(8-6-13)12(2)3/h5-8,12,15H,4,9-11H2,1-3H3. The topological polar surface area (TPSA) is 21.3 Å². The zero-order valence-electron chi connectivity index (χ0n) is 10.6. The molecule has 0 amide bonds. The Morgan fingerprint density at radius 3 is 2.44 bits per heavy atom. The molecule has 0 atom stereocenters. The molecule has 2 nitrogen and oxygen atoms in total. The van der Waals surface area contributed by atoms with Crippen LogP contribution >= 0.6 is 0 Å². The Morgan fingerprint density at radius 1 is 1.19 bits per heavy atom. The molecular formula is C14H23NO. The second-order valence-electron chi connectivity index (χ2n) is 4.27. The third kappa shape index (κ3) is 4.77. The lowest BCUT2D eigenvalue weighted by Gasteiger charge is -2.08. The van der Waals surface area contributed by atoms with Crippen molar-refractivity contribution in [1.29, 1.82) is 0 Å². The van der Waals surface area contributed by atoms with Crippen molar-refractivity contribution in [2.24, 2.45) is 0 Å². The van der Waals surface area contributed by atoms with Crippen molar-refractivity contribution in [1.82, 2.24) is 5.32 Å². The van der Waals surface area contributed by atoms with E-state index in [1.165, 1.54) is 11.1 Å². The van der Waals surface area contributed by atoms with E-state index in [4.69, 9.17) is 4.74 Å². The lowest BCUT2D eigenvalue weighted by Crippen LogP contribution is -2.19. The number of hydrogen-bond acceptors (Lipinski definition) is 2. The summed E-state index contributed by atoms with van der Waals surface area (Å²) in [6.45, 7) is 9.88.